The zero-order chi connectivity index (χ0) is 18.6. The second kappa shape index (κ2) is 8.53. The molecule has 144 valence electrons. The first kappa shape index (κ1) is 19.4. The van der Waals surface area contributed by atoms with Crippen molar-refractivity contribution in [3.8, 4) is 0 Å². The number of unbranched alkanes of at least 4 members (excludes halogenated alkanes) is 6. The first-order valence-corrected chi connectivity index (χ1v) is 10.3. The molecule has 2 heterocycles. The van der Waals surface area contributed by atoms with E-state index < -0.39 is 5.79 Å². The van der Waals surface area contributed by atoms with Crippen LogP contribution in [-0.4, -0.2) is 25.7 Å². The molecular formula is C22H33NO3. The normalized spacial score (nSPS) is 18.6. The lowest BCUT2D eigenvalue weighted by molar-refractivity contribution is -0.257. The van der Waals surface area contributed by atoms with Gasteiger partial charge in [0.25, 0.3) is 11.7 Å². The number of hydrogen-bond donors (Lipinski definition) is 0. The minimum atomic E-state index is -1.20. The molecule has 0 saturated carbocycles. The van der Waals surface area contributed by atoms with Gasteiger partial charge in [-0.1, -0.05) is 57.6 Å². The summed E-state index contributed by atoms with van der Waals surface area (Å²) in [4.78, 5) is 15.3. The van der Waals surface area contributed by atoms with Crippen molar-refractivity contribution < 1.29 is 14.3 Å². The minimum absolute atomic E-state index is 0.0319. The number of anilines is 1. The summed E-state index contributed by atoms with van der Waals surface area (Å²) in [7, 11) is 0. The van der Waals surface area contributed by atoms with Gasteiger partial charge in [0.1, 0.15) is 0 Å². The molecule has 0 bridgehead atoms. The van der Waals surface area contributed by atoms with Gasteiger partial charge >= 0.3 is 0 Å². The highest BCUT2D eigenvalue weighted by Gasteiger charge is 2.55. The van der Waals surface area contributed by atoms with Crippen molar-refractivity contribution in [1.29, 1.82) is 0 Å². The van der Waals surface area contributed by atoms with Crippen LogP contribution in [0.4, 0.5) is 5.69 Å². The Morgan fingerprint density at radius 2 is 1.58 bits per heavy atom. The Balaban J connectivity index is 1.73. The molecule has 1 saturated heterocycles. The lowest BCUT2D eigenvalue weighted by atomic mass is 9.97. The molecule has 0 radical (unpaired) electrons. The predicted octanol–water partition coefficient (Wildman–Crippen LogP) is 4.99. The van der Waals surface area contributed by atoms with E-state index in [9.17, 15) is 4.79 Å². The molecule has 1 fully saturated rings. The SMILES string of the molecule is CCCCCCCCCN1C(=O)C2(OCCCO2)c2c(C)ccc(C)c21. The fourth-order valence-electron chi connectivity index (χ4n) is 4.19. The second-order valence-corrected chi connectivity index (χ2v) is 7.67. The van der Waals surface area contributed by atoms with E-state index in [1.165, 1.54) is 38.5 Å². The molecule has 2 aliphatic rings. The minimum Gasteiger partial charge on any atom is -0.338 e. The third-order valence-corrected chi connectivity index (χ3v) is 5.60. The summed E-state index contributed by atoms with van der Waals surface area (Å²) in [5.41, 5.74) is 4.15. The van der Waals surface area contributed by atoms with Crippen molar-refractivity contribution in [2.75, 3.05) is 24.7 Å². The molecule has 3 rings (SSSR count). The van der Waals surface area contributed by atoms with Crippen LogP contribution in [0.1, 0.15) is 75.0 Å². The van der Waals surface area contributed by atoms with Crippen LogP contribution in [0, 0.1) is 13.8 Å². The third kappa shape index (κ3) is 3.54. The Morgan fingerprint density at radius 1 is 0.962 bits per heavy atom. The molecule has 0 atom stereocenters. The van der Waals surface area contributed by atoms with Crippen molar-refractivity contribution >= 4 is 11.6 Å². The van der Waals surface area contributed by atoms with Crippen molar-refractivity contribution in [2.24, 2.45) is 0 Å². The monoisotopic (exact) mass is 359 g/mol. The number of hydrogen-bond acceptors (Lipinski definition) is 3. The average molecular weight is 360 g/mol. The molecule has 4 nitrogen and oxygen atoms in total. The Morgan fingerprint density at radius 3 is 2.27 bits per heavy atom. The van der Waals surface area contributed by atoms with Gasteiger partial charge in [0.05, 0.1) is 18.9 Å². The Hall–Kier alpha value is -1.39. The molecular weight excluding hydrogens is 326 g/mol. The fraction of sp³-hybridized carbons (Fsp3) is 0.682. The molecule has 0 aliphatic carbocycles. The van der Waals surface area contributed by atoms with Crippen LogP contribution >= 0.6 is 0 Å². The van der Waals surface area contributed by atoms with Crippen molar-refractivity contribution in [1.82, 2.24) is 0 Å². The first-order valence-electron chi connectivity index (χ1n) is 10.3. The summed E-state index contributed by atoms with van der Waals surface area (Å²) >= 11 is 0. The first-order chi connectivity index (χ1) is 12.6. The average Bonchev–Trinajstić information content (AvgIpc) is 2.88. The highest BCUT2D eigenvalue weighted by atomic mass is 16.7. The van der Waals surface area contributed by atoms with E-state index >= 15 is 0 Å². The maximum Gasteiger partial charge on any atom is 0.292 e. The van der Waals surface area contributed by atoms with E-state index in [0.29, 0.717) is 13.2 Å². The number of benzene rings is 1. The van der Waals surface area contributed by atoms with Gasteiger partial charge in [-0.05, 0) is 37.8 Å². The van der Waals surface area contributed by atoms with E-state index in [1.807, 2.05) is 11.8 Å². The van der Waals surface area contributed by atoms with Gasteiger partial charge in [-0.15, -0.1) is 0 Å². The van der Waals surface area contributed by atoms with Gasteiger partial charge in [-0.2, -0.15) is 0 Å². The van der Waals surface area contributed by atoms with Crippen molar-refractivity contribution in [3.63, 3.8) is 0 Å². The quantitative estimate of drug-likeness (QED) is 0.614. The zero-order valence-corrected chi connectivity index (χ0v) is 16.6. The molecule has 2 aliphatic heterocycles. The van der Waals surface area contributed by atoms with Crippen LogP contribution in [0.2, 0.25) is 0 Å². The van der Waals surface area contributed by atoms with Crippen LogP contribution in [0.5, 0.6) is 0 Å². The smallest absolute Gasteiger partial charge is 0.292 e. The number of ether oxygens (including phenoxy) is 2. The van der Waals surface area contributed by atoms with Crippen LogP contribution in [0.25, 0.3) is 0 Å². The van der Waals surface area contributed by atoms with Gasteiger partial charge in [0.2, 0.25) is 0 Å². The fourth-order valence-corrected chi connectivity index (χ4v) is 4.19. The Labute approximate surface area is 157 Å². The molecule has 1 aromatic carbocycles. The van der Waals surface area contributed by atoms with E-state index in [1.54, 1.807) is 0 Å². The van der Waals surface area contributed by atoms with Gasteiger partial charge < -0.3 is 14.4 Å². The number of rotatable bonds is 8. The Kier molecular flexibility index (Phi) is 6.36. The van der Waals surface area contributed by atoms with Crippen LogP contribution in [0.15, 0.2) is 12.1 Å². The van der Waals surface area contributed by atoms with Crippen LogP contribution < -0.4 is 4.90 Å². The Bertz CT molecular complexity index is 635. The maximum absolute atomic E-state index is 13.3. The van der Waals surface area contributed by atoms with Gasteiger partial charge in [0, 0.05) is 12.1 Å². The molecule has 1 spiro atoms. The van der Waals surface area contributed by atoms with Gasteiger partial charge in [0.15, 0.2) is 0 Å². The highest BCUT2D eigenvalue weighted by molar-refractivity contribution is 6.07. The molecule has 1 aromatic rings. The molecule has 0 aromatic heterocycles. The van der Waals surface area contributed by atoms with Crippen LogP contribution in [0.3, 0.4) is 0 Å². The lowest BCUT2D eigenvalue weighted by Crippen LogP contribution is -2.47. The van der Waals surface area contributed by atoms with Crippen molar-refractivity contribution in [2.45, 2.75) is 77.9 Å². The standard InChI is InChI=1S/C22H33NO3/c1-4-5-6-7-8-9-10-14-23-20-18(3)13-12-17(2)19(20)22(21(23)24)25-15-11-16-26-22/h12-13H,4-11,14-16H2,1-3H3. The lowest BCUT2D eigenvalue weighted by Gasteiger charge is -2.33. The van der Waals surface area contributed by atoms with E-state index in [2.05, 4.69) is 26.0 Å². The molecule has 0 unspecified atom stereocenters. The molecule has 0 N–H and O–H groups in total. The number of aryl methyl sites for hydroxylation is 2. The van der Waals surface area contributed by atoms with Gasteiger partial charge in [-0.3, -0.25) is 4.79 Å². The summed E-state index contributed by atoms with van der Waals surface area (Å²) in [6.45, 7) is 8.26. The number of carbonyl (C=O) groups excluding carboxylic acids is 1. The predicted molar refractivity (Wildman–Crippen MR) is 104 cm³/mol. The zero-order valence-electron chi connectivity index (χ0n) is 16.6. The second-order valence-electron chi connectivity index (χ2n) is 7.67. The summed E-state index contributed by atoms with van der Waals surface area (Å²) in [6.07, 6.45) is 9.52. The molecule has 1 amide bonds. The summed E-state index contributed by atoms with van der Waals surface area (Å²) in [5, 5.41) is 0. The number of nitrogens with zero attached hydrogens (tertiary/aromatic N) is 1. The van der Waals surface area contributed by atoms with E-state index in [4.69, 9.17) is 9.47 Å². The van der Waals surface area contributed by atoms with Crippen molar-refractivity contribution in [3.05, 3.63) is 28.8 Å². The number of carbonyl (C=O) groups is 1. The van der Waals surface area contributed by atoms with E-state index in [0.717, 1.165) is 41.8 Å². The third-order valence-electron chi connectivity index (χ3n) is 5.60. The summed E-state index contributed by atoms with van der Waals surface area (Å²) < 4.78 is 12.0. The number of fused-ring (bicyclic) bond motifs is 2. The van der Waals surface area contributed by atoms with Gasteiger partial charge in [-0.25, -0.2) is 0 Å². The highest BCUT2D eigenvalue weighted by Crippen LogP contribution is 2.48. The summed E-state index contributed by atoms with van der Waals surface area (Å²) in [5.74, 6) is -1.24. The molecule has 26 heavy (non-hydrogen) atoms. The summed E-state index contributed by atoms with van der Waals surface area (Å²) in [6, 6.07) is 4.17. The molecule has 4 heteroatoms. The maximum atomic E-state index is 13.3. The largest absolute Gasteiger partial charge is 0.338 e. The van der Waals surface area contributed by atoms with E-state index in [-0.39, 0.29) is 5.91 Å². The van der Waals surface area contributed by atoms with Crippen LogP contribution in [-0.2, 0) is 20.1 Å². The number of amides is 1. The topological polar surface area (TPSA) is 38.8 Å².